The van der Waals surface area contributed by atoms with Crippen molar-refractivity contribution in [3.8, 4) is 17.1 Å². The van der Waals surface area contributed by atoms with Crippen molar-refractivity contribution >= 4 is 34.3 Å². The largest absolute Gasteiger partial charge is 0.497 e. The lowest BCUT2D eigenvalue weighted by Crippen LogP contribution is -2.05. The first-order chi connectivity index (χ1) is 12.5. The number of aromatic nitrogens is 2. The van der Waals surface area contributed by atoms with E-state index in [2.05, 4.69) is 15.5 Å². The van der Waals surface area contributed by atoms with Gasteiger partial charge in [-0.15, -0.1) is 0 Å². The summed E-state index contributed by atoms with van der Waals surface area (Å²) in [5.41, 5.74) is 2.35. The molecule has 26 heavy (non-hydrogen) atoms. The Morgan fingerprint density at radius 2 is 1.85 bits per heavy atom. The highest BCUT2D eigenvalue weighted by Gasteiger charge is 2.11. The zero-order valence-corrected chi connectivity index (χ0v) is 14.9. The van der Waals surface area contributed by atoms with Gasteiger partial charge in [0.1, 0.15) is 10.8 Å². The Labute approximate surface area is 155 Å². The first-order valence-corrected chi connectivity index (χ1v) is 8.16. The fourth-order valence-corrected chi connectivity index (χ4v) is 2.45. The van der Waals surface area contributed by atoms with E-state index in [0.29, 0.717) is 16.5 Å². The summed E-state index contributed by atoms with van der Waals surface area (Å²) >= 11 is 6.29. The Bertz CT molecular complexity index is 931. The Morgan fingerprint density at radius 3 is 2.46 bits per heavy atom. The zero-order valence-electron chi connectivity index (χ0n) is 14.2. The van der Waals surface area contributed by atoms with Gasteiger partial charge in [-0.3, -0.25) is 4.79 Å². The maximum absolute atomic E-state index is 11.0. The molecule has 1 N–H and O–H groups in total. The van der Waals surface area contributed by atoms with E-state index in [1.807, 2.05) is 36.4 Å². The molecule has 132 valence electrons. The van der Waals surface area contributed by atoms with E-state index in [0.717, 1.165) is 16.9 Å². The Hall–Kier alpha value is -3.12. The highest BCUT2D eigenvalue weighted by atomic mass is 35.5. The summed E-state index contributed by atoms with van der Waals surface area (Å²) in [6, 6.07) is 14.5. The van der Waals surface area contributed by atoms with Crippen LogP contribution in [0.1, 0.15) is 18.4 Å². The normalized spacial score (nSPS) is 11.3. The third-order valence-electron chi connectivity index (χ3n) is 3.50. The van der Waals surface area contributed by atoms with Crippen molar-refractivity contribution in [2.45, 2.75) is 6.92 Å². The minimum atomic E-state index is -0.122. The first kappa shape index (κ1) is 17.7. The number of nitrogens with one attached hydrogen (secondary N) is 1. The highest BCUT2D eigenvalue weighted by Crippen LogP contribution is 2.25. The van der Waals surface area contributed by atoms with Gasteiger partial charge in [0.2, 0.25) is 11.7 Å². The molecule has 6 nitrogen and oxygen atoms in total. The quantitative estimate of drug-likeness (QED) is 0.719. The average Bonchev–Trinajstić information content (AvgIpc) is 3.13. The molecular formula is C19H16ClN3O3. The number of nitrogens with zero attached hydrogens (tertiary/aromatic N) is 2. The van der Waals surface area contributed by atoms with Crippen LogP contribution in [0, 0.1) is 0 Å². The number of carbonyl (C=O) groups is 1. The van der Waals surface area contributed by atoms with E-state index in [1.54, 1.807) is 25.3 Å². The summed E-state index contributed by atoms with van der Waals surface area (Å²) in [5, 5.41) is 6.98. The lowest BCUT2D eigenvalue weighted by atomic mass is 10.2. The Morgan fingerprint density at radius 1 is 1.15 bits per heavy atom. The predicted octanol–water partition coefficient (Wildman–Crippen LogP) is 4.44. The average molecular weight is 370 g/mol. The van der Waals surface area contributed by atoms with Crippen LogP contribution in [-0.2, 0) is 4.79 Å². The number of rotatable bonds is 5. The lowest BCUT2D eigenvalue weighted by Gasteiger charge is -2.02. The highest BCUT2D eigenvalue weighted by molar-refractivity contribution is 6.50. The van der Waals surface area contributed by atoms with Gasteiger partial charge in [-0.25, -0.2) is 0 Å². The maximum atomic E-state index is 11.0. The Balaban J connectivity index is 1.77. The second kappa shape index (κ2) is 7.84. The van der Waals surface area contributed by atoms with Crippen LogP contribution in [0.4, 0.5) is 5.69 Å². The molecule has 3 rings (SSSR count). The number of carbonyl (C=O) groups excluding carboxylic acids is 1. The third-order valence-corrected chi connectivity index (χ3v) is 3.77. The number of halogens is 1. The van der Waals surface area contributed by atoms with Gasteiger partial charge < -0.3 is 14.6 Å². The van der Waals surface area contributed by atoms with Gasteiger partial charge in [0.25, 0.3) is 5.89 Å². The van der Waals surface area contributed by atoms with Gasteiger partial charge in [0.15, 0.2) is 0 Å². The zero-order chi connectivity index (χ0) is 18.5. The molecular weight excluding hydrogens is 354 g/mol. The third kappa shape index (κ3) is 4.29. The summed E-state index contributed by atoms with van der Waals surface area (Å²) in [7, 11) is 1.61. The van der Waals surface area contributed by atoms with E-state index in [4.69, 9.17) is 20.9 Å². The standard InChI is InChI=1S/C19H16ClN3O3/c1-12(24)21-15-7-3-13(4-8-15)11-17(20)19-22-18(23-26-19)14-5-9-16(25-2)10-6-14/h3-11H,1-2H3,(H,21,24)/b17-11-. The van der Waals surface area contributed by atoms with Gasteiger partial charge in [-0.2, -0.15) is 4.98 Å². The van der Waals surface area contributed by atoms with Crippen molar-refractivity contribution in [3.05, 3.63) is 60.0 Å². The van der Waals surface area contributed by atoms with Crippen molar-refractivity contribution in [2.24, 2.45) is 0 Å². The molecule has 1 amide bonds. The van der Waals surface area contributed by atoms with Gasteiger partial charge in [-0.1, -0.05) is 28.9 Å². The number of hydrogen-bond acceptors (Lipinski definition) is 5. The molecule has 0 radical (unpaired) electrons. The van der Waals surface area contributed by atoms with Gasteiger partial charge in [-0.05, 0) is 48.0 Å². The van der Waals surface area contributed by atoms with Crippen molar-refractivity contribution in [2.75, 3.05) is 12.4 Å². The molecule has 1 heterocycles. The minimum Gasteiger partial charge on any atom is -0.497 e. The SMILES string of the molecule is COc1ccc(-c2noc(/C(Cl)=C/c3ccc(NC(C)=O)cc3)n2)cc1. The number of methoxy groups -OCH3 is 1. The Kier molecular flexibility index (Phi) is 5.34. The van der Waals surface area contributed by atoms with Crippen LogP contribution in [0.25, 0.3) is 22.5 Å². The number of anilines is 1. The smallest absolute Gasteiger partial charge is 0.269 e. The molecule has 0 aliphatic rings. The van der Waals surface area contributed by atoms with Crippen LogP contribution in [0.3, 0.4) is 0 Å². The van der Waals surface area contributed by atoms with Crippen LogP contribution in [-0.4, -0.2) is 23.2 Å². The van der Waals surface area contributed by atoms with Crippen molar-refractivity contribution in [1.29, 1.82) is 0 Å². The van der Waals surface area contributed by atoms with Crippen molar-refractivity contribution in [3.63, 3.8) is 0 Å². The lowest BCUT2D eigenvalue weighted by molar-refractivity contribution is -0.114. The monoisotopic (exact) mass is 369 g/mol. The van der Waals surface area contributed by atoms with E-state index >= 15 is 0 Å². The second-order valence-corrected chi connectivity index (χ2v) is 5.85. The minimum absolute atomic E-state index is 0.122. The van der Waals surface area contributed by atoms with Crippen molar-refractivity contribution in [1.82, 2.24) is 10.1 Å². The maximum Gasteiger partial charge on any atom is 0.269 e. The van der Waals surface area contributed by atoms with E-state index in [9.17, 15) is 4.79 Å². The first-order valence-electron chi connectivity index (χ1n) is 7.78. The molecule has 0 unspecified atom stereocenters. The molecule has 0 saturated heterocycles. The van der Waals surface area contributed by atoms with Gasteiger partial charge in [0, 0.05) is 18.2 Å². The van der Waals surface area contributed by atoms with E-state index in [1.165, 1.54) is 6.92 Å². The molecule has 2 aromatic carbocycles. The molecule has 3 aromatic rings. The molecule has 7 heteroatoms. The summed E-state index contributed by atoms with van der Waals surface area (Å²) in [6.07, 6.45) is 1.71. The molecule has 0 atom stereocenters. The molecule has 0 fully saturated rings. The summed E-state index contributed by atoms with van der Waals surface area (Å²) in [6.45, 7) is 1.46. The number of ether oxygens (including phenoxy) is 1. The second-order valence-electron chi connectivity index (χ2n) is 5.45. The van der Waals surface area contributed by atoms with Crippen LogP contribution in [0.5, 0.6) is 5.75 Å². The number of amides is 1. The summed E-state index contributed by atoms with van der Waals surface area (Å²) in [4.78, 5) is 15.4. The topological polar surface area (TPSA) is 77.3 Å². The summed E-state index contributed by atoms with van der Waals surface area (Å²) < 4.78 is 10.4. The van der Waals surface area contributed by atoms with E-state index in [-0.39, 0.29) is 11.8 Å². The number of benzene rings is 2. The fraction of sp³-hybridized carbons (Fsp3) is 0.105. The number of hydrogen-bond donors (Lipinski definition) is 1. The van der Waals surface area contributed by atoms with Crippen LogP contribution < -0.4 is 10.1 Å². The van der Waals surface area contributed by atoms with Gasteiger partial charge in [0.05, 0.1) is 7.11 Å². The fourth-order valence-electron chi connectivity index (χ4n) is 2.25. The molecule has 0 spiro atoms. The van der Waals surface area contributed by atoms with Crippen LogP contribution in [0.2, 0.25) is 0 Å². The van der Waals surface area contributed by atoms with Crippen LogP contribution in [0.15, 0.2) is 53.1 Å². The molecule has 0 aliphatic carbocycles. The van der Waals surface area contributed by atoms with E-state index < -0.39 is 0 Å². The van der Waals surface area contributed by atoms with Gasteiger partial charge >= 0.3 is 0 Å². The molecule has 0 aliphatic heterocycles. The molecule has 0 bridgehead atoms. The molecule has 1 aromatic heterocycles. The van der Waals surface area contributed by atoms with Crippen molar-refractivity contribution < 1.29 is 14.1 Å². The van der Waals surface area contributed by atoms with Crippen LogP contribution >= 0.6 is 11.6 Å². The summed E-state index contributed by atoms with van der Waals surface area (Å²) in [5.74, 6) is 1.29. The molecule has 0 saturated carbocycles. The predicted molar refractivity (Wildman–Crippen MR) is 101 cm³/mol.